The van der Waals surface area contributed by atoms with Crippen LogP contribution in [0.25, 0.3) is 0 Å². The average Bonchev–Trinajstić information content (AvgIpc) is 2.93. The van der Waals surface area contributed by atoms with Crippen molar-refractivity contribution in [2.45, 2.75) is 95.6 Å². The minimum absolute atomic E-state index is 0.197. The van der Waals surface area contributed by atoms with Crippen molar-refractivity contribution in [3.05, 3.63) is 28.8 Å². The fraction of sp³-hybridized carbons (Fsp3) is 0.682. The lowest BCUT2D eigenvalue weighted by atomic mass is 9.89. The van der Waals surface area contributed by atoms with Gasteiger partial charge in [-0.3, -0.25) is 9.00 Å². The number of ketones is 1. The fourth-order valence-electron chi connectivity index (χ4n) is 3.85. The van der Waals surface area contributed by atoms with Gasteiger partial charge in [-0.15, -0.1) is 0 Å². The molecule has 1 aliphatic carbocycles. The molecule has 25 heavy (non-hydrogen) atoms. The molecule has 0 heterocycles. The van der Waals surface area contributed by atoms with E-state index < -0.39 is 10.8 Å². The molecule has 2 nitrogen and oxygen atoms in total. The van der Waals surface area contributed by atoms with Crippen LogP contribution in [0, 0.1) is 5.92 Å². The molecule has 0 spiro atoms. The van der Waals surface area contributed by atoms with E-state index in [1.165, 1.54) is 16.7 Å². The highest BCUT2D eigenvalue weighted by Crippen LogP contribution is 2.39. The fourth-order valence-corrected chi connectivity index (χ4v) is 6.19. The maximum Gasteiger partial charge on any atom is 0.149 e. The lowest BCUT2D eigenvalue weighted by Crippen LogP contribution is -2.28. The van der Waals surface area contributed by atoms with Crippen LogP contribution in [0.3, 0.4) is 0 Å². The van der Waals surface area contributed by atoms with Gasteiger partial charge in [0.25, 0.3) is 0 Å². The minimum atomic E-state index is -1.25. The maximum absolute atomic E-state index is 13.6. The number of rotatable bonds is 6. The van der Waals surface area contributed by atoms with Gasteiger partial charge >= 0.3 is 0 Å². The van der Waals surface area contributed by atoms with Crippen molar-refractivity contribution >= 4 is 16.6 Å². The molecule has 0 amide bonds. The highest BCUT2D eigenvalue weighted by Gasteiger charge is 2.40. The molecule has 1 saturated carbocycles. The van der Waals surface area contributed by atoms with Gasteiger partial charge in [0.2, 0.25) is 0 Å². The summed E-state index contributed by atoms with van der Waals surface area (Å²) in [5.41, 5.74) is 3.64. The van der Waals surface area contributed by atoms with Crippen LogP contribution in [0.1, 0.15) is 102 Å². The zero-order valence-electron chi connectivity index (χ0n) is 16.9. The van der Waals surface area contributed by atoms with Gasteiger partial charge < -0.3 is 0 Å². The van der Waals surface area contributed by atoms with Crippen molar-refractivity contribution in [3.63, 3.8) is 0 Å². The van der Waals surface area contributed by atoms with Crippen LogP contribution in [0.5, 0.6) is 0 Å². The third-order valence-corrected chi connectivity index (χ3v) is 7.53. The van der Waals surface area contributed by atoms with Gasteiger partial charge in [-0.05, 0) is 46.8 Å². The van der Waals surface area contributed by atoms with Crippen LogP contribution in [0.2, 0.25) is 0 Å². The summed E-state index contributed by atoms with van der Waals surface area (Å²) in [4.78, 5) is 13.5. The lowest BCUT2D eigenvalue weighted by Gasteiger charge is -2.25. The number of carbonyl (C=O) groups is 1. The van der Waals surface area contributed by atoms with E-state index in [-0.39, 0.29) is 17.0 Å². The standard InChI is InChI=1S/C22H34O2S/c1-8-16-9-10-20(23)21(16)25(24)22-18(14(4)5)11-17(13(2)3)12-19(22)15(6)7/h11-16,21H,8-10H2,1-7H3/t16-,21+,25-/m1/s1. The Kier molecular flexibility index (Phi) is 6.64. The molecule has 0 saturated heterocycles. The summed E-state index contributed by atoms with van der Waals surface area (Å²) in [7, 11) is -1.25. The van der Waals surface area contributed by atoms with Crippen molar-refractivity contribution < 1.29 is 9.00 Å². The van der Waals surface area contributed by atoms with E-state index >= 15 is 0 Å². The van der Waals surface area contributed by atoms with Gasteiger partial charge in [-0.2, -0.15) is 0 Å². The Morgan fingerprint density at radius 3 is 1.92 bits per heavy atom. The molecule has 1 fully saturated rings. The molecule has 2 rings (SSSR count). The van der Waals surface area contributed by atoms with E-state index in [2.05, 4.69) is 60.6 Å². The van der Waals surface area contributed by atoms with Crippen LogP contribution in [0.15, 0.2) is 17.0 Å². The molecule has 3 heteroatoms. The van der Waals surface area contributed by atoms with Gasteiger partial charge in [0.05, 0.1) is 10.8 Å². The van der Waals surface area contributed by atoms with Crippen LogP contribution in [0.4, 0.5) is 0 Å². The van der Waals surface area contributed by atoms with E-state index in [4.69, 9.17) is 0 Å². The topological polar surface area (TPSA) is 34.1 Å². The number of carbonyl (C=O) groups excluding carboxylic acids is 1. The Hall–Kier alpha value is -0.960. The second-order valence-corrected chi connectivity index (χ2v) is 9.89. The Morgan fingerprint density at radius 1 is 1.00 bits per heavy atom. The summed E-state index contributed by atoms with van der Waals surface area (Å²) in [6, 6.07) is 4.46. The molecule has 1 aliphatic rings. The average molecular weight is 363 g/mol. The first-order chi connectivity index (χ1) is 11.7. The van der Waals surface area contributed by atoms with Crippen molar-refractivity contribution in [2.24, 2.45) is 5.92 Å². The van der Waals surface area contributed by atoms with Crippen molar-refractivity contribution in [2.75, 3.05) is 0 Å². The van der Waals surface area contributed by atoms with Crippen LogP contribution >= 0.6 is 0 Å². The van der Waals surface area contributed by atoms with E-state index in [9.17, 15) is 9.00 Å². The maximum atomic E-state index is 13.6. The smallest absolute Gasteiger partial charge is 0.149 e. The third kappa shape index (κ3) is 4.07. The van der Waals surface area contributed by atoms with Crippen LogP contribution < -0.4 is 0 Å². The summed E-state index contributed by atoms with van der Waals surface area (Å²) in [6.45, 7) is 15.2. The molecular formula is C22H34O2S. The number of Topliss-reactive ketones (excluding diaryl/α,β-unsaturated/α-hetero) is 1. The summed E-state index contributed by atoms with van der Waals surface area (Å²) in [5, 5.41) is -0.315. The van der Waals surface area contributed by atoms with E-state index in [0.717, 1.165) is 17.7 Å². The zero-order valence-corrected chi connectivity index (χ0v) is 17.7. The monoisotopic (exact) mass is 362 g/mol. The van der Waals surface area contributed by atoms with Gasteiger partial charge in [0.1, 0.15) is 11.0 Å². The first kappa shape index (κ1) is 20.4. The van der Waals surface area contributed by atoms with Gasteiger partial charge in [0.15, 0.2) is 0 Å². The Morgan fingerprint density at radius 2 is 1.52 bits per heavy atom. The zero-order chi connectivity index (χ0) is 18.9. The number of hydrogen-bond donors (Lipinski definition) is 0. The number of hydrogen-bond acceptors (Lipinski definition) is 2. The number of benzene rings is 1. The molecule has 3 atom stereocenters. The quantitative estimate of drug-likeness (QED) is 0.629. The Bertz CT molecular complexity index is 629. The highest BCUT2D eigenvalue weighted by atomic mass is 32.2. The van der Waals surface area contributed by atoms with Crippen molar-refractivity contribution in [3.8, 4) is 0 Å². The Balaban J connectivity index is 2.65. The van der Waals surface area contributed by atoms with E-state index in [1.807, 2.05) is 0 Å². The molecule has 0 aliphatic heterocycles. The van der Waals surface area contributed by atoms with Crippen LogP contribution in [-0.2, 0) is 15.6 Å². The SMILES string of the molecule is CC[C@@H]1CCC(=O)[C@H]1[S@@](=O)c1c(C(C)C)cc(C(C)C)cc1C(C)C. The molecule has 140 valence electrons. The van der Waals surface area contributed by atoms with E-state index in [0.29, 0.717) is 24.2 Å². The molecule has 0 N–H and O–H groups in total. The molecule has 0 aromatic heterocycles. The summed E-state index contributed by atoms with van der Waals surface area (Å²) in [6.07, 6.45) is 2.41. The second-order valence-electron chi connectivity index (χ2n) is 8.38. The largest absolute Gasteiger partial charge is 0.298 e. The van der Waals surface area contributed by atoms with Gasteiger partial charge in [-0.1, -0.05) is 67.0 Å². The van der Waals surface area contributed by atoms with Crippen molar-refractivity contribution in [1.82, 2.24) is 0 Å². The summed E-state index contributed by atoms with van der Waals surface area (Å²) < 4.78 is 13.6. The normalized spacial score (nSPS) is 22.4. The lowest BCUT2D eigenvalue weighted by molar-refractivity contribution is -0.117. The first-order valence-electron chi connectivity index (χ1n) is 9.79. The van der Waals surface area contributed by atoms with Crippen LogP contribution in [-0.4, -0.2) is 15.2 Å². The van der Waals surface area contributed by atoms with Gasteiger partial charge in [0, 0.05) is 11.3 Å². The highest BCUT2D eigenvalue weighted by molar-refractivity contribution is 7.86. The molecule has 0 unspecified atom stereocenters. The first-order valence-corrected chi connectivity index (χ1v) is 11.0. The molecule has 0 bridgehead atoms. The van der Waals surface area contributed by atoms with Gasteiger partial charge in [-0.25, -0.2) is 0 Å². The molecule has 1 aromatic rings. The predicted molar refractivity (Wildman–Crippen MR) is 107 cm³/mol. The molecule has 0 radical (unpaired) electrons. The Labute approximate surface area is 156 Å². The van der Waals surface area contributed by atoms with E-state index in [1.54, 1.807) is 0 Å². The van der Waals surface area contributed by atoms with Crippen molar-refractivity contribution in [1.29, 1.82) is 0 Å². The molecule has 1 aromatic carbocycles. The second kappa shape index (κ2) is 8.16. The third-order valence-electron chi connectivity index (χ3n) is 5.54. The summed E-state index contributed by atoms with van der Waals surface area (Å²) in [5.74, 6) is 1.49. The minimum Gasteiger partial charge on any atom is -0.298 e. The predicted octanol–water partition coefficient (Wildman–Crippen LogP) is 5.92. The molecular weight excluding hydrogens is 328 g/mol. The summed E-state index contributed by atoms with van der Waals surface area (Å²) >= 11 is 0.